The third-order valence-electron chi connectivity index (χ3n) is 6.22. The molecule has 2 fully saturated rings. The van der Waals surface area contributed by atoms with Crippen molar-refractivity contribution in [2.24, 2.45) is 0 Å². The van der Waals surface area contributed by atoms with E-state index >= 15 is 0 Å². The summed E-state index contributed by atoms with van der Waals surface area (Å²) >= 11 is 0. The van der Waals surface area contributed by atoms with Gasteiger partial charge in [-0.05, 0) is 49.9 Å². The maximum atomic E-state index is 13.1. The monoisotopic (exact) mass is 411 g/mol. The summed E-state index contributed by atoms with van der Waals surface area (Å²) in [5.74, 6) is -2.62. The Morgan fingerprint density at radius 1 is 1.07 bits per heavy atom. The molecule has 5 rings (SSSR count). The zero-order chi connectivity index (χ0) is 20.7. The number of aromatic nitrogens is 1. The third kappa shape index (κ3) is 3.69. The maximum Gasteiger partial charge on any atom is 0.272 e. The number of nitrogens with one attached hydrogen (secondary N) is 1. The number of rotatable bonds is 4. The number of furan rings is 1. The number of fused-ring (bicyclic) bond motifs is 1. The average Bonchev–Trinajstić information content (AvgIpc) is 3.22. The summed E-state index contributed by atoms with van der Waals surface area (Å²) in [6.07, 6.45) is 6.69. The SMILES string of the molecule is O=C(NC1CCC(N2CC(F)(F)C2)CC1)c1ccc(-c2nccc3occc23)cc1. The summed E-state index contributed by atoms with van der Waals surface area (Å²) in [6, 6.07) is 11.4. The number of nitrogens with zero attached hydrogens (tertiary/aromatic N) is 2. The lowest BCUT2D eigenvalue weighted by atomic mass is 9.88. The van der Waals surface area contributed by atoms with Crippen LogP contribution in [0, 0.1) is 0 Å². The van der Waals surface area contributed by atoms with Crippen molar-refractivity contribution in [2.75, 3.05) is 13.1 Å². The fraction of sp³-hybridized carbons (Fsp3) is 0.391. The topological polar surface area (TPSA) is 58.4 Å². The second kappa shape index (κ2) is 7.47. The zero-order valence-corrected chi connectivity index (χ0v) is 16.5. The highest BCUT2D eigenvalue weighted by Crippen LogP contribution is 2.34. The summed E-state index contributed by atoms with van der Waals surface area (Å²) < 4.78 is 31.6. The van der Waals surface area contributed by atoms with Crippen molar-refractivity contribution in [3.8, 4) is 11.3 Å². The van der Waals surface area contributed by atoms with Crippen LogP contribution in [0.4, 0.5) is 8.78 Å². The number of halogens is 2. The van der Waals surface area contributed by atoms with E-state index in [0.717, 1.165) is 47.9 Å². The van der Waals surface area contributed by atoms with Gasteiger partial charge in [0, 0.05) is 34.8 Å². The van der Waals surface area contributed by atoms with E-state index in [9.17, 15) is 13.6 Å². The molecule has 0 atom stereocenters. The molecule has 2 aliphatic rings. The van der Waals surface area contributed by atoms with Crippen LogP contribution in [0.25, 0.3) is 22.2 Å². The fourth-order valence-electron chi connectivity index (χ4n) is 4.56. The highest BCUT2D eigenvalue weighted by molar-refractivity contribution is 5.96. The largest absolute Gasteiger partial charge is 0.464 e. The van der Waals surface area contributed by atoms with E-state index in [1.165, 1.54) is 0 Å². The molecule has 1 aliphatic heterocycles. The van der Waals surface area contributed by atoms with Crippen LogP contribution in [-0.4, -0.2) is 46.9 Å². The van der Waals surface area contributed by atoms with Gasteiger partial charge in [-0.1, -0.05) is 12.1 Å². The van der Waals surface area contributed by atoms with E-state index in [0.29, 0.717) is 5.56 Å². The lowest BCUT2D eigenvalue weighted by molar-refractivity contribution is -0.150. The standard InChI is InChI=1S/C23H23F2N3O2/c24-23(25)13-28(14-23)18-7-5-17(6-8-18)27-22(29)16-3-1-15(2-4-16)21-19-10-12-30-20(19)9-11-26-21/h1-4,9-12,17-18H,5-8,13-14H2,(H,27,29). The minimum Gasteiger partial charge on any atom is -0.464 e. The van der Waals surface area contributed by atoms with Crippen molar-refractivity contribution in [3.05, 3.63) is 54.4 Å². The van der Waals surface area contributed by atoms with Gasteiger partial charge in [-0.15, -0.1) is 0 Å². The van der Waals surface area contributed by atoms with Crippen molar-refractivity contribution < 1.29 is 18.0 Å². The molecule has 1 N–H and O–H groups in total. The Labute approximate surface area is 173 Å². The third-order valence-corrected chi connectivity index (χ3v) is 6.22. The van der Waals surface area contributed by atoms with Crippen molar-refractivity contribution >= 4 is 16.9 Å². The van der Waals surface area contributed by atoms with E-state index in [1.807, 2.05) is 29.2 Å². The molecule has 1 amide bonds. The molecule has 0 spiro atoms. The summed E-state index contributed by atoms with van der Waals surface area (Å²) in [5, 5.41) is 4.03. The number of amides is 1. The Morgan fingerprint density at radius 3 is 2.50 bits per heavy atom. The van der Waals surface area contributed by atoms with Gasteiger partial charge in [0.2, 0.25) is 0 Å². The van der Waals surface area contributed by atoms with Crippen LogP contribution in [-0.2, 0) is 0 Å². The number of pyridine rings is 1. The smallest absolute Gasteiger partial charge is 0.272 e. The van der Waals surface area contributed by atoms with E-state index in [4.69, 9.17) is 4.42 Å². The predicted octanol–water partition coefficient (Wildman–Crippen LogP) is 4.49. The van der Waals surface area contributed by atoms with Crippen LogP contribution in [0.2, 0.25) is 0 Å². The second-order valence-corrected chi connectivity index (χ2v) is 8.31. The molecule has 1 aliphatic carbocycles. The Balaban J connectivity index is 1.19. The number of carbonyl (C=O) groups is 1. The van der Waals surface area contributed by atoms with Crippen molar-refractivity contribution in [1.29, 1.82) is 0 Å². The molecule has 156 valence electrons. The minimum absolute atomic E-state index is 0.0940. The van der Waals surface area contributed by atoms with Gasteiger partial charge in [-0.2, -0.15) is 0 Å². The van der Waals surface area contributed by atoms with Gasteiger partial charge in [0.25, 0.3) is 11.8 Å². The average molecular weight is 411 g/mol. The van der Waals surface area contributed by atoms with Gasteiger partial charge >= 0.3 is 0 Å². The molecule has 7 heteroatoms. The number of carbonyl (C=O) groups excluding carboxylic acids is 1. The molecule has 5 nitrogen and oxygen atoms in total. The normalized spacial score (nSPS) is 23.8. The van der Waals surface area contributed by atoms with Gasteiger partial charge in [0.15, 0.2) is 0 Å². The molecule has 30 heavy (non-hydrogen) atoms. The van der Waals surface area contributed by atoms with Crippen LogP contribution in [0.15, 0.2) is 53.3 Å². The first-order valence-electron chi connectivity index (χ1n) is 10.3. The summed E-state index contributed by atoms with van der Waals surface area (Å²) in [4.78, 5) is 19.0. The zero-order valence-electron chi connectivity index (χ0n) is 16.5. The molecular weight excluding hydrogens is 388 g/mol. The fourth-order valence-corrected chi connectivity index (χ4v) is 4.56. The van der Waals surface area contributed by atoms with Crippen LogP contribution in [0.3, 0.4) is 0 Å². The lowest BCUT2D eigenvalue weighted by Gasteiger charge is -2.46. The molecule has 0 unspecified atom stereocenters. The van der Waals surface area contributed by atoms with E-state index in [1.54, 1.807) is 24.6 Å². The first kappa shape index (κ1) is 19.2. The van der Waals surface area contributed by atoms with Crippen molar-refractivity contribution in [1.82, 2.24) is 15.2 Å². The van der Waals surface area contributed by atoms with Crippen LogP contribution < -0.4 is 5.32 Å². The Hall–Kier alpha value is -2.80. The highest BCUT2D eigenvalue weighted by Gasteiger charge is 2.47. The number of alkyl halides is 2. The molecule has 1 saturated heterocycles. The molecule has 1 saturated carbocycles. The molecule has 0 radical (unpaired) electrons. The number of hydrogen-bond acceptors (Lipinski definition) is 4. The summed E-state index contributed by atoms with van der Waals surface area (Å²) in [5.41, 5.74) is 3.12. The molecule has 3 heterocycles. The Kier molecular flexibility index (Phi) is 4.77. The van der Waals surface area contributed by atoms with Crippen LogP contribution in [0.5, 0.6) is 0 Å². The highest BCUT2D eigenvalue weighted by atomic mass is 19.3. The van der Waals surface area contributed by atoms with Gasteiger partial charge in [-0.25, -0.2) is 8.78 Å². The minimum atomic E-state index is -2.52. The summed E-state index contributed by atoms with van der Waals surface area (Å²) in [7, 11) is 0. The van der Waals surface area contributed by atoms with Crippen molar-refractivity contribution in [2.45, 2.75) is 43.7 Å². The number of benzene rings is 1. The molecule has 1 aromatic carbocycles. The Morgan fingerprint density at radius 2 is 1.80 bits per heavy atom. The van der Waals surface area contributed by atoms with E-state index in [-0.39, 0.29) is 31.1 Å². The van der Waals surface area contributed by atoms with Gasteiger partial charge < -0.3 is 9.73 Å². The van der Waals surface area contributed by atoms with Gasteiger partial charge in [-0.3, -0.25) is 14.7 Å². The lowest BCUT2D eigenvalue weighted by Crippen LogP contribution is -2.60. The van der Waals surface area contributed by atoms with Crippen LogP contribution in [0.1, 0.15) is 36.0 Å². The quantitative estimate of drug-likeness (QED) is 0.687. The maximum absolute atomic E-state index is 13.1. The number of likely N-dealkylation sites (tertiary alicyclic amines) is 1. The molecule has 3 aromatic rings. The Bertz CT molecular complexity index is 1050. The summed E-state index contributed by atoms with van der Waals surface area (Å²) in [6.45, 7) is -0.245. The molecule has 2 aromatic heterocycles. The van der Waals surface area contributed by atoms with Crippen molar-refractivity contribution in [3.63, 3.8) is 0 Å². The first-order valence-corrected chi connectivity index (χ1v) is 10.3. The molecular formula is C23H23F2N3O2. The van der Waals surface area contributed by atoms with Gasteiger partial charge in [0.1, 0.15) is 5.58 Å². The second-order valence-electron chi connectivity index (χ2n) is 8.31. The predicted molar refractivity (Wildman–Crippen MR) is 109 cm³/mol. The molecule has 0 bridgehead atoms. The van der Waals surface area contributed by atoms with Gasteiger partial charge in [0.05, 0.1) is 25.0 Å². The van der Waals surface area contributed by atoms with Crippen LogP contribution >= 0.6 is 0 Å². The van der Waals surface area contributed by atoms with E-state index in [2.05, 4.69) is 10.3 Å². The number of hydrogen-bond donors (Lipinski definition) is 1. The van der Waals surface area contributed by atoms with E-state index < -0.39 is 5.92 Å². The first-order chi connectivity index (χ1) is 14.5.